The lowest BCUT2D eigenvalue weighted by Crippen LogP contribution is -2.74. The number of carbonyl (C=O) groups is 4. The third kappa shape index (κ3) is 5.15. The van der Waals surface area contributed by atoms with Gasteiger partial charge in [0.2, 0.25) is 0 Å². The lowest BCUT2D eigenvalue weighted by atomic mass is 9.96. The molecule has 3 unspecified atom stereocenters. The van der Waals surface area contributed by atoms with Crippen LogP contribution in [0.15, 0.2) is 35.0 Å². The van der Waals surface area contributed by atoms with E-state index in [0.717, 1.165) is 11.1 Å². The lowest BCUT2D eigenvalue weighted by Gasteiger charge is -2.50. The van der Waals surface area contributed by atoms with Crippen molar-refractivity contribution in [1.29, 1.82) is 0 Å². The molecular formula is C24H29N5O6S2. The third-order valence-electron chi connectivity index (χ3n) is 5.93. The minimum Gasteiger partial charge on any atom is -0.477 e. The van der Waals surface area contributed by atoms with Gasteiger partial charge in [-0.2, -0.15) is 0 Å². The number of β-lactam (4-membered cyclic amide) rings is 1. The highest BCUT2D eigenvalue weighted by Gasteiger charge is 2.55. The Bertz CT molecular complexity index is 1300. The predicted octanol–water partition coefficient (Wildman–Crippen LogP) is 2.47. The van der Waals surface area contributed by atoms with Gasteiger partial charge in [0, 0.05) is 11.3 Å². The number of hydrogen-bond acceptors (Lipinski definition) is 9. The molecule has 3 heterocycles. The molecule has 0 radical (unpaired) electrons. The quantitative estimate of drug-likeness (QED) is 0.301. The number of carboxylic acid groups (broad SMARTS) is 1. The van der Waals surface area contributed by atoms with E-state index in [4.69, 9.17) is 10.5 Å². The number of amides is 3. The van der Waals surface area contributed by atoms with Gasteiger partial charge in [-0.1, -0.05) is 19.4 Å². The summed E-state index contributed by atoms with van der Waals surface area (Å²) in [7, 11) is 0. The Labute approximate surface area is 221 Å². The molecule has 1 saturated heterocycles. The van der Waals surface area contributed by atoms with Crippen molar-refractivity contribution in [2.45, 2.75) is 63.2 Å². The predicted molar refractivity (Wildman–Crippen MR) is 139 cm³/mol. The molecule has 3 atom stereocenters. The molecular weight excluding hydrogens is 518 g/mol. The maximum atomic E-state index is 13.6. The third-order valence-corrected chi connectivity index (χ3v) is 8.06. The van der Waals surface area contributed by atoms with Crippen LogP contribution in [0.25, 0.3) is 10.2 Å². The maximum Gasteiger partial charge on any atom is 0.409 e. The van der Waals surface area contributed by atoms with E-state index in [0.29, 0.717) is 23.3 Å². The van der Waals surface area contributed by atoms with E-state index in [-0.39, 0.29) is 11.3 Å². The number of nitrogens with one attached hydrogen (secondary N) is 2. The molecule has 0 spiro atoms. The van der Waals surface area contributed by atoms with Crippen molar-refractivity contribution in [2.24, 2.45) is 5.73 Å². The number of thioether (sulfide) groups is 1. The molecule has 1 aromatic heterocycles. The Balaban J connectivity index is 1.62. The second-order valence-corrected chi connectivity index (χ2v) is 11.8. The van der Waals surface area contributed by atoms with Gasteiger partial charge in [-0.05, 0) is 44.9 Å². The molecule has 1 aromatic carbocycles. The molecule has 4 rings (SSSR count). The van der Waals surface area contributed by atoms with Gasteiger partial charge < -0.3 is 15.2 Å². The number of carboxylic acids is 1. The van der Waals surface area contributed by atoms with Crippen molar-refractivity contribution in [3.8, 4) is 0 Å². The summed E-state index contributed by atoms with van der Waals surface area (Å²) in [5, 5.41) is 14.3. The summed E-state index contributed by atoms with van der Waals surface area (Å²) in [6.07, 6.45) is 0.396. The van der Waals surface area contributed by atoms with Crippen molar-refractivity contribution in [2.75, 3.05) is 5.75 Å². The molecule has 3 amide bonds. The van der Waals surface area contributed by atoms with Crippen LogP contribution in [-0.4, -0.2) is 61.6 Å². The number of aromatic nitrogens is 1. The minimum atomic E-state index is -2.08. The highest BCUT2D eigenvalue weighted by Crippen LogP contribution is 2.41. The Hall–Kier alpha value is -3.16. The average molecular weight is 548 g/mol. The van der Waals surface area contributed by atoms with Crippen LogP contribution in [0.5, 0.6) is 0 Å². The SMILES string of the molecule is CCCC1=C(C(=O)O)N2C(=O)C(NC(=O)C(N)(NC(=O)OC(C)(C)C)c3ccc4ncsc4c3)C2SC1. The van der Waals surface area contributed by atoms with Crippen molar-refractivity contribution < 1.29 is 29.0 Å². The van der Waals surface area contributed by atoms with Crippen LogP contribution in [0, 0.1) is 0 Å². The summed E-state index contributed by atoms with van der Waals surface area (Å²) < 4.78 is 6.08. The highest BCUT2D eigenvalue weighted by atomic mass is 32.2. The molecule has 1 fully saturated rings. The topological polar surface area (TPSA) is 164 Å². The standard InChI is InChI=1S/C24H29N5O6S2/c1-5-6-12-10-36-19-16(18(30)29(19)17(12)20(31)32)27-21(33)24(25,28-22(34)35-23(2,3)4)13-7-8-14-15(9-13)37-11-26-14/h7-9,11,16,19H,5-6,10,25H2,1-4H3,(H,27,33)(H,28,34)(H,31,32). The molecule has 5 N–H and O–H groups in total. The molecule has 0 saturated carbocycles. The summed E-state index contributed by atoms with van der Waals surface area (Å²) in [5.41, 5.74) is 6.90. The first kappa shape index (κ1) is 26.9. The maximum absolute atomic E-state index is 13.6. The zero-order valence-corrected chi connectivity index (χ0v) is 22.5. The normalized spacial score (nSPS) is 21.1. The molecule has 2 aliphatic heterocycles. The fraction of sp³-hybridized carbons (Fsp3) is 0.458. The van der Waals surface area contributed by atoms with Crippen LogP contribution in [-0.2, 0) is 24.8 Å². The summed E-state index contributed by atoms with van der Waals surface area (Å²) in [6.45, 7) is 6.97. The van der Waals surface area contributed by atoms with E-state index in [1.165, 1.54) is 28.0 Å². The van der Waals surface area contributed by atoms with E-state index in [9.17, 15) is 24.3 Å². The zero-order valence-electron chi connectivity index (χ0n) is 20.9. The number of hydrogen-bond donors (Lipinski definition) is 4. The van der Waals surface area contributed by atoms with Gasteiger partial charge in [0.05, 0.1) is 15.7 Å². The minimum absolute atomic E-state index is 0.0253. The average Bonchev–Trinajstić information content (AvgIpc) is 3.28. The summed E-state index contributed by atoms with van der Waals surface area (Å²) in [6, 6.07) is 3.90. The molecule has 11 nitrogen and oxygen atoms in total. The molecule has 37 heavy (non-hydrogen) atoms. The number of fused-ring (bicyclic) bond motifs is 2. The van der Waals surface area contributed by atoms with E-state index in [1.54, 1.807) is 44.5 Å². The molecule has 0 bridgehead atoms. The van der Waals surface area contributed by atoms with Crippen molar-refractivity contribution in [1.82, 2.24) is 20.5 Å². The van der Waals surface area contributed by atoms with Crippen LogP contribution in [0.1, 0.15) is 46.1 Å². The first-order valence-corrected chi connectivity index (χ1v) is 13.6. The number of benzene rings is 1. The molecule has 198 valence electrons. The Morgan fingerprint density at radius 1 is 1.30 bits per heavy atom. The second-order valence-electron chi connectivity index (χ2n) is 9.84. The Kier molecular flexibility index (Phi) is 7.23. The van der Waals surface area contributed by atoms with Gasteiger partial charge in [0.15, 0.2) is 5.66 Å². The fourth-order valence-corrected chi connectivity index (χ4v) is 6.36. The van der Waals surface area contributed by atoms with E-state index in [1.807, 2.05) is 6.92 Å². The number of nitrogens with zero attached hydrogens (tertiary/aromatic N) is 2. The number of ether oxygens (including phenoxy) is 1. The van der Waals surface area contributed by atoms with Crippen LogP contribution in [0.2, 0.25) is 0 Å². The highest BCUT2D eigenvalue weighted by molar-refractivity contribution is 8.00. The van der Waals surface area contributed by atoms with Gasteiger partial charge in [-0.25, -0.2) is 14.6 Å². The van der Waals surface area contributed by atoms with E-state index in [2.05, 4.69) is 15.6 Å². The van der Waals surface area contributed by atoms with Gasteiger partial charge in [-0.3, -0.25) is 25.5 Å². The zero-order chi connectivity index (χ0) is 27.1. The number of aliphatic carboxylic acids is 1. The van der Waals surface area contributed by atoms with Crippen LogP contribution >= 0.6 is 23.1 Å². The van der Waals surface area contributed by atoms with Gasteiger partial charge in [-0.15, -0.1) is 23.1 Å². The Morgan fingerprint density at radius 2 is 2.03 bits per heavy atom. The first-order chi connectivity index (χ1) is 17.4. The van der Waals surface area contributed by atoms with Crippen molar-refractivity contribution in [3.05, 3.63) is 40.5 Å². The molecule has 2 aliphatic rings. The van der Waals surface area contributed by atoms with Crippen molar-refractivity contribution in [3.63, 3.8) is 0 Å². The van der Waals surface area contributed by atoms with Crippen LogP contribution in [0.3, 0.4) is 0 Å². The fourth-order valence-electron chi connectivity index (χ4n) is 4.26. The molecule has 2 aromatic rings. The van der Waals surface area contributed by atoms with Gasteiger partial charge in [0.1, 0.15) is 22.7 Å². The first-order valence-electron chi connectivity index (χ1n) is 11.7. The number of thiazole rings is 1. The van der Waals surface area contributed by atoms with Gasteiger partial charge >= 0.3 is 12.1 Å². The molecule has 13 heteroatoms. The monoisotopic (exact) mass is 547 g/mol. The molecule has 0 aliphatic carbocycles. The van der Waals surface area contributed by atoms with E-state index < -0.39 is 46.6 Å². The lowest BCUT2D eigenvalue weighted by molar-refractivity contribution is -0.151. The Morgan fingerprint density at radius 3 is 2.68 bits per heavy atom. The van der Waals surface area contributed by atoms with E-state index >= 15 is 0 Å². The van der Waals surface area contributed by atoms with Crippen LogP contribution in [0.4, 0.5) is 4.79 Å². The number of carbonyl (C=O) groups excluding carboxylic acids is 3. The smallest absolute Gasteiger partial charge is 0.409 e. The van der Waals surface area contributed by atoms with Crippen molar-refractivity contribution >= 4 is 57.2 Å². The van der Waals surface area contributed by atoms with Gasteiger partial charge in [0.25, 0.3) is 11.8 Å². The second kappa shape index (κ2) is 9.95. The number of nitrogens with two attached hydrogens (primary N) is 1. The van der Waals surface area contributed by atoms with Crippen LogP contribution < -0.4 is 16.4 Å². The largest absolute Gasteiger partial charge is 0.477 e. The number of alkyl carbamates (subject to hydrolysis) is 1. The summed E-state index contributed by atoms with van der Waals surface area (Å²) >= 11 is 2.72. The number of rotatable bonds is 7. The summed E-state index contributed by atoms with van der Waals surface area (Å²) in [4.78, 5) is 56.7. The summed E-state index contributed by atoms with van der Waals surface area (Å²) in [5.74, 6) is -2.12.